The molecule has 4 bridgehead atoms. The number of aryl methyl sites for hydroxylation is 1. The summed E-state index contributed by atoms with van der Waals surface area (Å²) >= 11 is 1.41. The molecule has 0 spiro atoms. The van der Waals surface area contributed by atoms with Crippen molar-refractivity contribution in [3.63, 3.8) is 0 Å². The Labute approximate surface area is 202 Å². The van der Waals surface area contributed by atoms with Gasteiger partial charge in [-0.25, -0.2) is 4.39 Å². The minimum Gasteiger partial charge on any atom is -0.465 e. The molecule has 2 aromatic carbocycles. The molecule has 1 aromatic heterocycles. The van der Waals surface area contributed by atoms with Crippen LogP contribution in [0.2, 0.25) is 0 Å². The minimum absolute atomic E-state index is 0.0666. The van der Waals surface area contributed by atoms with Crippen molar-refractivity contribution >= 4 is 21.5 Å². The normalized spacial score (nSPS) is 27.2. The summed E-state index contributed by atoms with van der Waals surface area (Å²) in [4.78, 5) is 2.52. The van der Waals surface area contributed by atoms with Crippen LogP contribution >= 0.6 is 11.3 Å². The number of hydrogen-bond donors (Lipinski definition) is 1. The standard InChI is InChI=1S/C17H18FN3OS.C7H8O3S/c18-14-3-1-2-11(6-14)16-19-20-17(23-16)22-15-12-4-10-5-13(15)9-21(7-10)8-12;1-6-2-4-7(5-3-6)11(8,9)10/h1-3,6,10,12-13,15H,4-5,7-9H2;2-5H,1H3,(H,8,9,10). The topological polar surface area (TPSA) is 92.6 Å². The quantitative estimate of drug-likeness (QED) is 0.531. The van der Waals surface area contributed by atoms with Crippen LogP contribution in [0.15, 0.2) is 53.4 Å². The zero-order chi connectivity index (χ0) is 23.9. The van der Waals surface area contributed by atoms with E-state index in [1.165, 1.54) is 55.0 Å². The van der Waals surface area contributed by atoms with Gasteiger partial charge in [-0.15, -0.1) is 5.10 Å². The van der Waals surface area contributed by atoms with Gasteiger partial charge in [0, 0.05) is 37.0 Å². The number of rotatable bonds is 4. The fourth-order valence-corrected chi connectivity index (χ4v) is 6.59. The van der Waals surface area contributed by atoms with Gasteiger partial charge in [-0.3, -0.25) is 4.55 Å². The van der Waals surface area contributed by atoms with Crippen LogP contribution in [-0.2, 0) is 10.1 Å². The lowest BCUT2D eigenvalue weighted by Gasteiger charge is -2.54. The van der Waals surface area contributed by atoms with E-state index in [0.717, 1.165) is 30.1 Å². The van der Waals surface area contributed by atoms with Crippen molar-refractivity contribution in [3.05, 3.63) is 59.9 Å². The van der Waals surface area contributed by atoms with Crippen LogP contribution in [0.1, 0.15) is 18.4 Å². The lowest BCUT2D eigenvalue weighted by atomic mass is 9.66. The molecule has 180 valence electrons. The van der Waals surface area contributed by atoms with Crippen molar-refractivity contribution in [2.75, 3.05) is 19.6 Å². The maximum absolute atomic E-state index is 13.3. The molecule has 4 fully saturated rings. The summed E-state index contributed by atoms with van der Waals surface area (Å²) < 4.78 is 49.1. The van der Waals surface area contributed by atoms with Crippen molar-refractivity contribution in [3.8, 4) is 15.8 Å². The Morgan fingerprint density at radius 2 is 1.76 bits per heavy atom. The van der Waals surface area contributed by atoms with Gasteiger partial charge in [-0.1, -0.05) is 46.3 Å². The summed E-state index contributed by atoms with van der Waals surface area (Å²) in [6.07, 6.45) is 2.84. The zero-order valence-electron chi connectivity index (χ0n) is 18.7. The Kier molecular flexibility index (Phi) is 6.41. The molecule has 3 saturated heterocycles. The van der Waals surface area contributed by atoms with Crippen molar-refractivity contribution in [1.82, 2.24) is 15.1 Å². The fraction of sp³-hybridized carbons (Fsp3) is 0.417. The summed E-state index contributed by atoms with van der Waals surface area (Å²) in [5.74, 6) is 1.87. The Bertz CT molecular complexity index is 1240. The number of ether oxygens (including phenoxy) is 1. The second-order valence-corrected chi connectivity index (χ2v) is 11.7. The van der Waals surface area contributed by atoms with Crippen molar-refractivity contribution in [1.29, 1.82) is 0 Å². The van der Waals surface area contributed by atoms with Gasteiger partial charge in [-0.05, 0) is 49.9 Å². The SMILES string of the molecule is Cc1ccc(S(=O)(=O)O)cc1.Fc1cccc(-c2nnc(OC3C4CC5CC3CN(C5)C4)s2)c1. The molecular formula is C24H26FN3O4S2. The van der Waals surface area contributed by atoms with Crippen LogP contribution in [0.4, 0.5) is 4.39 Å². The van der Waals surface area contributed by atoms with Crippen LogP contribution in [0.3, 0.4) is 0 Å². The largest absolute Gasteiger partial charge is 0.465 e. The van der Waals surface area contributed by atoms with Crippen molar-refractivity contribution in [2.45, 2.75) is 30.8 Å². The summed E-state index contributed by atoms with van der Waals surface area (Å²) in [6, 6.07) is 12.5. The van der Waals surface area contributed by atoms with Gasteiger partial charge in [0.15, 0.2) is 5.01 Å². The zero-order valence-corrected chi connectivity index (χ0v) is 20.3. The fourth-order valence-electron chi connectivity index (χ4n) is 5.38. The summed E-state index contributed by atoms with van der Waals surface area (Å²) in [5, 5.41) is 9.70. The molecule has 0 amide bonds. The highest BCUT2D eigenvalue weighted by atomic mass is 32.2. The number of benzene rings is 2. The maximum atomic E-state index is 13.3. The summed E-state index contributed by atoms with van der Waals surface area (Å²) in [7, 11) is -4.02. The smallest absolute Gasteiger partial charge is 0.294 e. The highest BCUT2D eigenvalue weighted by Crippen LogP contribution is 2.45. The van der Waals surface area contributed by atoms with Crippen molar-refractivity contribution < 1.29 is 22.1 Å². The highest BCUT2D eigenvalue weighted by Gasteiger charge is 2.49. The Balaban J connectivity index is 0.000000186. The van der Waals surface area contributed by atoms with Gasteiger partial charge < -0.3 is 9.64 Å². The van der Waals surface area contributed by atoms with E-state index in [4.69, 9.17) is 9.29 Å². The Morgan fingerprint density at radius 1 is 1.06 bits per heavy atom. The van der Waals surface area contributed by atoms with Gasteiger partial charge in [-0.2, -0.15) is 8.42 Å². The first kappa shape index (κ1) is 23.3. The predicted molar refractivity (Wildman–Crippen MR) is 127 cm³/mol. The molecule has 7 nitrogen and oxygen atoms in total. The van der Waals surface area contributed by atoms with Crippen LogP contribution in [0.5, 0.6) is 5.19 Å². The summed E-state index contributed by atoms with van der Waals surface area (Å²) in [6.45, 7) is 5.44. The third-order valence-electron chi connectivity index (χ3n) is 6.74. The molecule has 34 heavy (non-hydrogen) atoms. The van der Waals surface area contributed by atoms with E-state index >= 15 is 0 Å². The van der Waals surface area contributed by atoms with Gasteiger partial charge in [0.2, 0.25) is 0 Å². The number of piperidine rings is 3. The first-order chi connectivity index (χ1) is 16.2. The highest BCUT2D eigenvalue weighted by molar-refractivity contribution is 7.85. The predicted octanol–water partition coefficient (Wildman–Crippen LogP) is 4.30. The Hall–Kier alpha value is -2.40. The van der Waals surface area contributed by atoms with Crippen LogP contribution in [0, 0.1) is 30.5 Å². The molecule has 10 heteroatoms. The molecule has 2 unspecified atom stereocenters. The molecule has 1 aliphatic carbocycles. The van der Waals surface area contributed by atoms with E-state index in [1.54, 1.807) is 18.2 Å². The lowest BCUT2D eigenvalue weighted by molar-refractivity contribution is -0.0986. The van der Waals surface area contributed by atoms with E-state index < -0.39 is 10.1 Å². The molecule has 3 aromatic rings. The van der Waals surface area contributed by atoms with E-state index in [-0.39, 0.29) is 16.8 Å². The second kappa shape index (κ2) is 9.33. The van der Waals surface area contributed by atoms with Crippen LogP contribution < -0.4 is 4.74 Å². The molecule has 3 aliphatic heterocycles. The monoisotopic (exact) mass is 503 g/mol. The number of nitrogens with zero attached hydrogens (tertiary/aromatic N) is 3. The number of hydrogen-bond acceptors (Lipinski definition) is 7. The van der Waals surface area contributed by atoms with Gasteiger partial charge in [0.05, 0.1) is 4.90 Å². The molecule has 1 N–H and O–H groups in total. The molecule has 1 saturated carbocycles. The number of aromatic nitrogens is 2. The van der Waals surface area contributed by atoms with Gasteiger partial charge in [0.1, 0.15) is 11.9 Å². The van der Waals surface area contributed by atoms with E-state index in [1.807, 2.05) is 13.0 Å². The summed E-state index contributed by atoms with van der Waals surface area (Å²) in [5.41, 5.74) is 1.71. The van der Waals surface area contributed by atoms with E-state index in [0.29, 0.717) is 22.0 Å². The average molecular weight is 504 g/mol. The second-order valence-electron chi connectivity index (χ2n) is 9.33. The molecule has 0 radical (unpaired) electrons. The first-order valence-electron chi connectivity index (χ1n) is 11.3. The maximum Gasteiger partial charge on any atom is 0.294 e. The van der Waals surface area contributed by atoms with E-state index in [2.05, 4.69) is 15.1 Å². The third-order valence-corrected chi connectivity index (χ3v) is 8.47. The van der Waals surface area contributed by atoms with Gasteiger partial charge in [0.25, 0.3) is 15.3 Å². The van der Waals surface area contributed by atoms with Crippen LogP contribution in [-0.4, -0.2) is 53.8 Å². The van der Waals surface area contributed by atoms with Crippen molar-refractivity contribution in [2.24, 2.45) is 17.8 Å². The van der Waals surface area contributed by atoms with Crippen LogP contribution in [0.25, 0.3) is 10.6 Å². The van der Waals surface area contributed by atoms with E-state index in [9.17, 15) is 12.8 Å². The molecular weight excluding hydrogens is 477 g/mol. The molecule has 2 atom stereocenters. The molecule has 7 rings (SSSR count). The van der Waals surface area contributed by atoms with Gasteiger partial charge >= 0.3 is 0 Å². The third kappa shape index (κ3) is 5.14. The Morgan fingerprint density at radius 3 is 2.38 bits per heavy atom. The molecule has 4 heterocycles. The average Bonchev–Trinajstić information content (AvgIpc) is 3.25. The lowest BCUT2D eigenvalue weighted by Crippen LogP contribution is -2.61. The number of halogens is 1. The molecule has 4 aliphatic rings. The minimum atomic E-state index is -4.02. The first-order valence-corrected chi connectivity index (χ1v) is 13.5.